The summed E-state index contributed by atoms with van der Waals surface area (Å²) >= 11 is 0. The molecular weight excluding hydrogens is 284 g/mol. The third-order valence-corrected chi connectivity index (χ3v) is 3.86. The van der Waals surface area contributed by atoms with Crippen LogP contribution in [0.2, 0.25) is 0 Å². The predicted octanol–water partition coefficient (Wildman–Crippen LogP) is 5.95. The summed E-state index contributed by atoms with van der Waals surface area (Å²) < 4.78 is 0. The lowest BCUT2D eigenvalue weighted by atomic mass is 10.0. The second-order valence-electron chi connectivity index (χ2n) is 6.14. The Balaban J connectivity index is 3.20. The topological polar surface area (TPSA) is 37.3 Å². The molecule has 0 saturated heterocycles. The van der Waals surface area contributed by atoms with Crippen LogP contribution in [0.3, 0.4) is 0 Å². The van der Waals surface area contributed by atoms with E-state index in [-0.39, 0.29) is 6.42 Å². The zero-order valence-electron chi connectivity index (χ0n) is 15.0. The van der Waals surface area contributed by atoms with Gasteiger partial charge in [-0.1, -0.05) is 89.4 Å². The summed E-state index contributed by atoms with van der Waals surface area (Å²) in [5, 5.41) is 8.44. The largest absolute Gasteiger partial charge is 0.481 e. The number of carboxylic acids is 1. The van der Waals surface area contributed by atoms with E-state index in [1.807, 2.05) is 0 Å². The number of carbonyl (C=O) groups is 1. The van der Waals surface area contributed by atoms with Crippen LogP contribution in [0.25, 0.3) is 0 Å². The van der Waals surface area contributed by atoms with Crippen LogP contribution < -0.4 is 0 Å². The van der Waals surface area contributed by atoms with E-state index in [1.165, 1.54) is 70.6 Å². The van der Waals surface area contributed by atoms with Crippen molar-refractivity contribution in [2.45, 2.75) is 103 Å². The second-order valence-corrected chi connectivity index (χ2v) is 6.14. The van der Waals surface area contributed by atoms with Crippen LogP contribution in [-0.2, 0) is 4.79 Å². The molecule has 0 rings (SSSR count). The summed E-state index contributed by atoms with van der Waals surface area (Å²) in [6, 6.07) is 0. The van der Waals surface area contributed by atoms with E-state index in [0.717, 1.165) is 12.8 Å². The number of hydrogen-bond donors (Lipinski definition) is 1. The highest BCUT2D eigenvalue weighted by molar-refractivity contribution is 5.67. The first-order chi connectivity index (χ1) is 11.3. The Kier molecular flexibility index (Phi) is 17.5. The summed E-state index contributed by atoms with van der Waals surface area (Å²) in [5.74, 6) is 10.5. The molecule has 0 atom stereocenters. The van der Waals surface area contributed by atoms with Gasteiger partial charge in [-0.3, -0.25) is 4.79 Å². The van der Waals surface area contributed by atoms with Crippen LogP contribution >= 0.6 is 0 Å². The van der Waals surface area contributed by atoms with E-state index >= 15 is 0 Å². The molecule has 23 heavy (non-hydrogen) atoms. The minimum atomic E-state index is -0.802. The van der Waals surface area contributed by atoms with Crippen molar-refractivity contribution in [2.75, 3.05) is 0 Å². The zero-order valence-corrected chi connectivity index (χ0v) is 15.0. The van der Waals surface area contributed by atoms with Crippen LogP contribution in [0.5, 0.6) is 0 Å². The second kappa shape index (κ2) is 18.6. The smallest absolute Gasteiger partial charge is 0.304 e. The molecule has 0 unspecified atom stereocenters. The standard InChI is InChI=1S/C21H34O2/c1-2-3-4-5-6-7-8-9-10-11-12-13-14-15-16-17-18-19-20-21(22)23/h2-14,19-20H2,1H3,(H,22,23). The molecule has 2 heteroatoms. The minimum Gasteiger partial charge on any atom is -0.481 e. The Morgan fingerprint density at radius 1 is 0.696 bits per heavy atom. The van der Waals surface area contributed by atoms with Gasteiger partial charge < -0.3 is 5.11 Å². The molecule has 0 radical (unpaired) electrons. The van der Waals surface area contributed by atoms with E-state index in [0.29, 0.717) is 6.42 Å². The highest BCUT2D eigenvalue weighted by Crippen LogP contribution is 2.12. The molecule has 1 N–H and O–H groups in total. The third kappa shape index (κ3) is 20.6. The average Bonchev–Trinajstić information content (AvgIpc) is 2.53. The molecule has 130 valence electrons. The summed E-state index contributed by atoms with van der Waals surface area (Å²) in [5.41, 5.74) is 0. The Hall–Kier alpha value is -1.41. The van der Waals surface area contributed by atoms with Gasteiger partial charge in [0.05, 0.1) is 6.42 Å². The molecule has 0 aromatic heterocycles. The average molecular weight is 319 g/mol. The monoisotopic (exact) mass is 318 g/mol. The van der Waals surface area contributed by atoms with E-state index in [1.54, 1.807) is 0 Å². The Labute approximate surface area is 143 Å². The van der Waals surface area contributed by atoms with Gasteiger partial charge in [0.2, 0.25) is 0 Å². The molecule has 0 amide bonds. The van der Waals surface area contributed by atoms with Crippen molar-refractivity contribution in [2.24, 2.45) is 0 Å². The molecule has 0 aliphatic rings. The molecule has 0 heterocycles. The van der Waals surface area contributed by atoms with Crippen molar-refractivity contribution < 1.29 is 9.90 Å². The number of rotatable bonds is 14. The molecule has 0 bridgehead atoms. The first kappa shape index (κ1) is 21.6. The van der Waals surface area contributed by atoms with E-state index in [4.69, 9.17) is 5.11 Å². The first-order valence-electron chi connectivity index (χ1n) is 9.45. The lowest BCUT2D eigenvalue weighted by molar-refractivity contribution is -0.136. The van der Waals surface area contributed by atoms with Crippen LogP contribution in [0, 0.1) is 23.7 Å². The van der Waals surface area contributed by atoms with E-state index < -0.39 is 5.97 Å². The van der Waals surface area contributed by atoms with Gasteiger partial charge in [-0.25, -0.2) is 0 Å². The lowest BCUT2D eigenvalue weighted by Gasteiger charge is -2.01. The number of hydrogen-bond acceptors (Lipinski definition) is 1. The van der Waals surface area contributed by atoms with Crippen LogP contribution in [0.1, 0.15) is 103 Å². The summed E-state index contributed by atoms with van der Waals surface area (Å²) in [6.45, 7) is 2.27. The molecule has 0 aromatic carbocycles. The maximum atomic E-state index is 10.3. The van der Waals surface area contributed by atoms with Gasteiger partial charge in [-0.15, -0.1) is 0 Å². The molecule has 0 aromatic rings. The van der Waals surface area contributed by atoms with Gasteiger partial charge >= 0.3 is 5.97 Å². The molecular formula is C21H34O2. The van der Waals surface area contributed by atoms with Crippen molar-refractivity contribution in [3.05, 3.63) is 0 Å². The Morgan fingerprint density at radius 3 is 1.61 bits per heavy atom. The fourth-order valence-corrected chi connectivity index (χ4v) is 2.44. The highest BCUT2D eigenvalue weighted by atomic mass is 16.4. The van der Waals surface area contributed by atoms with Crippen molar-refractivity contribution in [3.8, 4) is 23.7 Å². The van der Waals surface area contributed by atoms with Gasteiger partial charge in [-0.2, -0.15) is 0 Å². The maximum Gasteiger partial charge on any atom is 0.304 e. The van der Waals surface area contributed by atoms with Gasteiger partial charge in [0, 0.05) is 12.8 Å². The van der Waals surface area contributed by atoms with Gasteiger partial charge in [0.15, 0.2) is 0 Å². The summed E-state index contributed by atoms with van der Waals surface area (Å²) in [6.07, 6.45) is 17.7. The van der Waals surface area contributed by atoms with Crippen molar-refractivity contribution in [1.29, 1.82) is 0 Å². The molecule has 0 saturated carbocycles. The highest BCUT2D eigenvalue weighted by Gasteiger charge is 1.93. The van der Waals surface area contributed by atoms with E-state index in [9.17, 15) is 4.79 Å². The Bertz CT molecular complexity index is 390. The van der Waals surface area contributed by atoms with Crippen molar-refractivity contribution >= 4 is 5.97 Å². The molecule has 0 aliphatic heterocycles. The van der Waals surface area contributed by atoms with Gasteiger partial charge in [0.25, 0.3) is 0 Å². The third-order valence-electron chi connectivity index (χ3n) is 3.86. The molecule has 2 nitrogen and oxygen atoms in total. The van der Waals surface area contributed by atoms with Crippen molar-refractivity contribution in [1.82, 2.24) is 0 Å². The SMILES string of the molecule is CCCCCCCCCCCCCCC#CC#CCCC(=O)O. The minimum absolute atomic E-state index is 0.105. The van der Waals surface area contributed by atoms with Gasteiger partial charge in [-0.05, 0) is 18.3 Å². The molecule has 0 aliphatic carbocycles. The van der Waals surface area contributed by atoms with Crippen LogP contribution in [-0.4, -0.2) is 11.1 Å². The fraction of sp³-hybridized carbons (Fsp3) is 0.762. The van der Waals surface area contributed by atoms with Gasteiger partial charge in [0.1, 0.15) is 0 Å². The Morgan fingerprint density at radius 2 is 1.13 bits per heavy atom. The number of carboxylic acid groups (broad SMARTS) is 1. The fourth-order valence-electron chi connectivity index (χ4n) is 2.44. The molecule has 0 spiro atoms. The number of aliphatic carboxylic acids is 1. The van der Waals surface area contributed by atoms with Crippen LogP contribution in [0.4, 0.5) is 0 Å². The maximum absolute atomic E-state index is 10.3. The van der Waals surface area contributed by atoms with Crippen LogP contribution in [0.15, 0.2) is 0 Å². The summed E-state index contributed by atoms with van der Waals surface area (Å²) in [7, 11) is 0. The van der Waals surface area contributed by atoms with Crippen molar-refractivity contribution in [3.63, 3.8) is 0 Å². The normalized spacial score (nSPS) is 9.61. The summed E-state index contributed by atoms with van der Waals surface area (Å²) in [4.78, 5) is 10.3. The first-order valence-corrected chi connectivity index (χ1v) is 9.45. The quantitative estimate of drug-likeness (QED) is 0.317. The predicted molar refractivity (Wildman–Crippen MR) is 98.1 cm³/mol. The zero-order chi connectivity index (χ0) is 17.0. The van der Waals surface area contributed by atoms with E-state index in [2.05, 4.69) is 30.6 Å². The lowest BCUT2D eigenvalue weighted by Crippen LogP contribution is -1.91. The number of unbranched alkanes of at least 4 members (excludes halogenated alkanes) is 12. The molecule has 0 fully saturated rings.